The largest absolute Gasteiger partial charge is 0.468 e. The summed E-state index contributed by atoms with van der Waals surface area (Å²) >= 11 is 0. The molecule has 1 rings (SSSR count). The van der Waals surface area contributed by atoms with Crippen molar-refractivity contribution in [1.29, 1.82) is 0 Å². The minimum Gasteiger partial charge on any atom is -0.468 e. The lowest BCUT2D eigenvalue weighted by Crippen LogP contribution is -2.39. The molecule has 7 heteroatoms. The van der Waals surface area contributed by atoms with Gasteiger partial charge in [-0.05, 0) is 44.0 Å². The van der Waals surface area contributed by atoms with E-state index in [2.05, 4.69) is 9.46 Å². The van der Waals surface area contributed by atoms with Crippen LogP contribution in [-0.4, -0.2) is 27.5 Å². The zero-order valence-corrected chi connectivity index (χ0v) is 12.0. The second-order valence-electron chi connectivity index (χ2n) is 4.23. The van der Waals surface area contributed by atoms with E-state index >= 15 is 0 Å². The Morgan fingerprint density at radius 3 is 2.21 bits per heavy atom. The number of hydrogen-bond acceptors (Lipinski definition) is 4. The van der Waals surface area contributed by atoms with E-state index in [0.717, 1.165) is 12.1 Å². The van der Waals surface area contributed by atoms with Crippen LogP contribution in [0.3, 0.4) is 0 Å². The van der Waals surface area contributed by atoms with Crippen molar-refractivity contribution in [2.75, 3.05) is 7.11 Å². The quantitative estimate of drug-likeness (QED) is 0.848. The van der Waals surface area contributed by atoms with E-state index in [9.17, 15) is 17.6 Å². The van der Waals surface area contributed by atoms with Crippen molar-refractivity contribution < 1.29 is 22.3 Å². The van der Waals surface area contributed by atoms with Crippen LogP contribution in [0.25, 0.3) is 0 Å². The van der Waals surface area contributed by atoms with Crippen molar-refractivity contribution in [3.05, 3.63) is 29.1 Å². The molecule has 1 atom stereocenters. The number of benzene rings is 1. The number of carbonyl (C=O) groups is 1. The Hall–Kier alpha value is -1.47. The summed E-state index contributed by atoms with van der Waals surface area (Å²) in [4.78, 5) is 11.2. The van der Waals surface area contributed by atoms with Gasteiger partial charge in [-0.3, -0.25) is 4.79 Å². The summed E-state index contributed by atoms with van der Waals surface area (Å²) in [5.74, 6) is -1.20. The molecule has 1 aromatic rings. The maximum Gasteiger partial charge on any atom is 0.323 e. The number of carbonyl (C=O) groups excluding carboxylic acids is 1. The molecule has 0 saturated carbocycles. The molecule has 0 aromatic heterocycles. The minimum atomic E-state index is -3.91. The normalized spacial score (nSPS) is 13.1. The Balaban J connectivity index is 3.18. The monoisotopic (exact) mass is 289 g/mol. The van der Waals surface area contributed by atoms with E-state index in [1.807, 2.05) is 0 Å². The molecule has 0 radical (unpaired) electrons. The molecule has 0 aliphatic carbocycles. The molecule has 106 valence electrons. The number of nitrogens with one attached hydrogen (secondary N) is 1. The molecule has 0 aliphatic heterocycles. The van der Waals surface area contributed by atoms with Crippen LogP contribution in [0.5, 0.6) is 0 Å². The summed E-state index contributed by atoms with van der Waals surface area (Å²) in [5.41, 5.74) is 0.559. The molecule has 0 amide bonds. The van der Waals surface area contributed by atoms with Crippen molar-refractivity contribution >= 4 is 16.0 Å². The number of rotatable bonds is 4. The van der Waals surface area contributed by atoms with Gasteiger partial charge < -0.3 is 4.74 Å². The number of sulfonamides is 1. The molecule has 1 aromatic carbocycles. The summed E-state index contributed by atoms with van der Waals surface area (Å²) in [5, 5.41) is 0. The second kappa shape index (κ2) is 5.66. The van der Waals surface area contributed by atoms with E-state index in [1.54, 1.807) is 0 Å². The van der Waals surface area contributed by atoms with Gasteiger partial charge in [-0.1, -0.05) is 0 Å². The molecular weight excluding hydrogens is 273 g/mol. The molecule has 0 heterocycles. The molecule has 19 heavy (non-hydrogen) atoms. The first-order valence-electron chi connectivity index (χ1n) is 5.56. The highest BCUT2D eigenvalue weighted by Gasteiger charge is 2.25. The van der Waals surface area contributed by atoms with E-state index in [1.165, 1.54) is 27.9 Å². The standard InChI is InChI=1S/C12H16FNO4S/c1-7-5-10(13)6-8(2)11(7)19(16,17)14-9(3)12(15)18-4/h5-6,9,14H,1-4H3/t9-/m0/s1. The third-order valence-electron chi connectivity index (χ3n) is 2.58. The van der Waals surface area contributed by atoms with E-state index < -0.39 is 27.9 Å². The number of ether oxygens (including phenoxy) is 1. The predicted octanol–water partition coefficient (Wildman–Crippen LogP) is 1.28. The molecule has 0 spiro atoms. The molecule has 0 aliphatic rings. The molecule has 0 bridgehead atoms. The third kappa shape index (κ3) is 3.51. The second-order valence-corrected chi connectivity index (χ2v) is 5.89. The smallest absolute Gasteiger partial charge is 0.323 e. The van der Waals surface area contributed by atoms with Crippen molar-refractivity contribution in [2.45, 2.75) is 31.7 Å². The van der Waals surface area contributed by atoms with Gasteiger partial charge in [0.05, 0.1) is 12.0 Å². The maximum atomic E-state index is 13.2. The lowest BCUT2D eigenvalue weighted by atomic mass is 10.1. The van der Waals surface area contributed by atoms with Crippen molar-refractivity contribution in [3.8, 4) is 0 Å². The number of esters is 1. The summed E-state index contributed by atoms with van der Waals surface area (Å²) in [6.45, 7) is 4.36. The minimum absolute atomic E-state index is 0.0235. The fourth-order valence-corrected chi connectivity index (χ4v) is 3.48. The fourth-order valence-electron chi connectivity index (χ4n) is 1.84. The van der Waals surface area contributed by atoms with Crippen LogP contribution in [0.4, 0.5) is 4.39 Å². The highest BCUT2D eigenvalue weighted by atomic mass is 32.2. The number of methoxy groups -OCH3 is 1. The zero-order valence-electron chi connectivity index (χ0n) is 11.2. The van der Waals surface area contributed by atoms with Crippen LogP contribution < -0.4 is 4.72 Å². The highest BCUT2D eigenvalue weighted by molar-refractivity contribution is 7.89. The highest BCUT2D eigenvalue weighted by Crippen LogP contribution is 2.21. The van der Waals surface area contributed by atoms with Gasteiger partial charge in [0.15, 0.2) is 0 Å². The molecule has 0 unspecified atom stereocenters. The van der Waals surface area contributed by atoms with Gasteiger partial charge in [0, 0.05) is 0 Å². The Labute approximate surface area is 111 Å². The van der Waals surface area contributed by atoms with Crippen LogP contribution in [0.2, 0.25) is 0 Å². The van der Waals surface area contributed by atoms with Gasteiger partial charge in [0.1, 0.15) is 11.9 Å². The zero-order chi connectivity index (χ0) is 14.8. The van der Waals surface area contributed by atoms with Gasteiger partial charge in [-0.2, -0.15) is 4.72 Å². The topological polar surface area (TPSA) is 72.5 Å². The van der Waals surface area contributed by atoms with Gasteiger partial charge in [0.2, 0.25) is 10.0 Å². The molecule has 0 saturated heterocycles. The van der Waals surface area contributed by atoms with E-state index in [-0.39, 0.29) is 16.0 Å². The van der Waals surface area contributed by atoms with Gasteiger partial charge >= 0.3 is 5.97 Å². The van der Waals surface area contributed by atoms with E-state index in [4.69, 9.17) is 0 Å². The Bertz CT molecular complexity index is 575. The van der Waals surface area contributed by atoms with Gasteiger partial charge in [-0.15, -0.1) is 0 Å². The maximum absolute atomic E-state index is 13.2. The van der Waals surface area contributed by atoms with Crippen LogP contribution in [-0.2, 0) is 19.6 Å². The fraction of sp³-hybridized carbons (Fsp3) is 0.417. The predicted molar refractivity (Wildman–Crippen MR) is 67.7 cm³/mol. The SMILES string of the molecule is COC(=O)[C@H](C)NS(=O)(=O)c1c(C)cc(F)cc1C. The van der Waals surface area contributed by atoms with Crippen molar-refractivity contribution in [2.24, 2.45) is 0 Å². The van der Waals surface area contributed by atoms with Crippen LogP contribution in [0.15, 0.2) is 17.0 Å². The summed E-state index contributed by atoms with van der Waals surface area (Å²) in [6, 6.07) is 1.24. The Kier molecular flexibility index (Phi) is 4.65. The first kappa shape index (κ1) is 15.6. The van der Waals surface area contributed by atoms with Crippen LogP contribution >= 0.6 is 0 Å². The number of halogens is 1. The average molecular weight is 289 g/mol. The van der Waals surface area contributed by atoms with Crippen LogP contribution in [0, 0.1) is 19.7 Å². The van der Waals surface area contributed by atoms with Crippen molar-refractivity contribution in [3.63, 3.8) is 0 Å². The van der Waals surface area contributed by atoms with Crippen LogP contribution in [0.1, 0.15) is 18.1 Å². The first-order chi connectivity index (χ1) is 8.69. The lowest BCUT2D eigenvalue weighted by molar-refractivity contribution is -0.142. The lowest BCUT2D eigenvalue weighted by Gasteiger charge is -2.15. The Morgan fingerprint density at radius 1 is 1.32 bits per heavy atom. The average Bonchev–Trinajstić information content (AvgIpc) is 2.24. The molecule has 1 N–H and O–H groups in total. The molecular formula is C12H16FNO4S. The third-order valence-corrected chi connectivity index (χ3v) is 4.43. The van der Waals surface area contributed by atoms with Gasteiger partial charge in [-0.25, -0.2) is 12.8 Å². The molecule has 0 fully saturated rings. The van der Waals surface area contributed by atoms with E-state index in [0.29, 0.717) is 0 Å². The summed E-state index contributed by atoms with van der Waals surface area (Å²) < 4.78 is 44.1. The van der Waals surface area contributed by atoms with Crippen molar-refractivity contribution in [1.82, 2.24) is 4.72 Å². The summed E-state index contributed by atoms with van der Waals surface area (Å²) in [7, 11) is -2.74. The molecule has 5 nitrogen and oxygen atoms in total. The van der Waals surface area contributed by atoms with Gasteiger partial charge in [0.25, 0.3) is 0 Å². The number of hydrogen-bond donors (Lipinski definition) is 1. The first-order valence-corrected chi connectivity index (χ1v) is 7.04. The number of aryl methyl sites for hydroxylation is 2. The Morgan fingerprint density at radius 2 is 1.79 bits per heavy atom. The summed E-state index contributed by atoms with van der Waals surface area (Å²) in [6.07, 6.45) is 0.